The molecule has 0 radical (unpaired) electrons. The fourth-order valence-corrected chi connectivity index (χ4v) is 3.27. The quantitative estimate of drug-likeness (QED) is 0.471. The van der Waals surface area contributed by atoms with Crippen molar-refractivity contribution in [1.82, 2.24) is 0 Å². The summed E-state index contributed by atoms with van der Waals surface area (Å²) in [7, 11) is 1.60. The summed E-state index contributed by atoms with van der Waals surface area (Å²) < 4.78 is 16.7. The molecule has 1 atom stereocenters. The molecule has 0 spiro atoms. The minimum absolute atomic E-state index is 0.107. The number of hydrogen-bond donors (Lipinski definition) is 2. The lowest BCUT2D eigenvalue weighted by atomic mass is 9.96. The van der Waals surface area contributed by atoms with Crippen LogP contribution in [0.3, 0.4) is 0 Å². The number of fused-ring (bicyclic) bond motifs is 1. The van der Waals surface area contributed by atoms with Crippen molar-refractivity contribution in [3.8, 4) is 22.6 Å². The molecule has 0 fully saturated rings. The van der Waals surface area contributed by atoms with E-state index >= 15 is 0 Å². The number of ether oxygens (including phenoxy) is 2. The van der Waals surface area contributed by atoms with Gasteiger partial charge in [-0.15, -0.1) is 0 Å². The predicted molar refractivity (Wildman–Crippen MR) is 125 cm³/mol. The summed E-state index contributed by atoms with van der Waals surface area (Å²) in [6.45, 7) is 5.50. The molecule has 0 saturated carbocycles. The lowest BCUT2D eigenvalue weighted by Gasteiger charge is -2.24. The van der Waals surface area contributed by atoms with E-state index in [9.17, 15) is 15.0 Å². The number of benzene rings is 2. The first-order chi connectivity index (χ1) is 15.2. The van der Waals surface area contributed by atoms with Gasteiger partial charge >= 0.3 is 0 Å². The minimum atomic E-state index is -1.11. The molecule has 32 heavy (non-hydrogen) atoms. The van der Waals surface area contributed by atoms with Gasteiger partial charge in [0.1, 0.15) is 30.0 Å². The standard InChI is InChI=1S/C26H30O6/c1-17(5-12-24(27)26(2,3)29)13-14-31-20-10-11-21-23(15-20)32-16-22(25(21)28)18-6-8-19(30-4)9-7-18/h6-11,13,15-16,24,27,29H,5,12,14H2,1-4H3. The van der Waals surface area contributed by atoms with Gasteiger partial charge in [-0.25, -0.2) is 0 Å². The number of aliphatic hydroxyl groups excluding tert-OH is 1. The van der Waals surface area contributed by atoms with Crippen molar-refractivity contribution in [2.45, 2.75) is 45.3 Å². The molecule has 0 aliphatic heterocycles. The van der Waals surface area contributed by atoms with Gasteiger partial charge < -0.3 is 24.1 Å². The van der Waals surface area contributed by atoms with E-state index in [1.54, 1.807) is 51.3 Å². The topological polar surface area (TPSA) is 89.1 Å². The first kappa shape index (κ1) is 23.6. The van der Waals surface area contributed by atoms with Crippen molar-refractivity contribution in [3.05, 3.63) is 70.6 Å². The molecular formula is C26H30O6. The van der Waals surface area contributed by atoms with Crippen LogP contribution in [0.1, 0.15) is 33.6 Å². The number of methoxy groups -OCH3 is 1. The van der Waals surface area contributed by atoms with Gasteiger partial charge in [0.2, 0.25) is 0 Å². The van der Waals surface area contributed by atoms with Crippen LogP contribution in [0.25, 0.3) is 22.1 Å². The van der Waals surface area contributed by atoms with Crippen LogP contribution in [0.5, 0.6) is 11.5 Å². The Bertz CT molecular complexity index is 1140. The van der Waals surface area contributed by atoms with Crippen molar-refractivity contribution >= 4 is 11.0 Å². The lowest BCUT2D eigenvalue weighted by Crippen LogP contribution is -2.35. The maximum Gasteiger partial charge on any atom is 0.200 e. The van der Waals surface area contributed by atoms with E-state index in [1.165, 1.54) is 6.26 Å². The summed E-state index contributed by atoms with van der Waals surface area (Å²) in [6.07, 6.45) is 3.76. The Labute approximate surface area is 187 Å². The second kappa shape index (κ2) is 10.0. The normalized spacial score (nSPS) is 13.2. The molecule has 170 valence electrons. The van der Waals surface area contributed by atoms with E-state index < -0.39 is 11.7 Å². The fraction of sp³-hybridized carbons (Fsp3) is 0.346. The highest BCUT2D eigenvalue weighted by molar-refractivity contribution is 5.82. The van der Waals surface area contributed by atoms with E-state index in [2.05, 4.69) is 0 Å². The zero-order valence-corrected chi connectivity index (χ0v) is 18.9. The zero-order chi connectivity index (χ0) is 23.3. The van der Waals surface area contributed by atoms with Crippen molar-refractivity contribution in [3.63, 3.8) is 0 Å². The molecular weight excluding hydrogens is 408 g/mol. The molecule has 2 aromatic carbocycles. The Balaban J connectivity index is 1.67. The summed E-state index contributed by atoms with van der Waals surface area (Å²) in [5.41, 5.74) is 1.55. The van der Waals surface area contributed by atoms with Gasteiger partial charge in [-0.3, -0.25) is 4.79 Å². The summed E-state index contributed by atoms with van der Waals surface area (Å²) in [5.74, 6) is 1.32. The highest BCUT2D eigenvalue weighted by Gasteiger charge is 2.23. The molecule has 3 aromatic rings. The van der Waals surface area contributed by atoms with Gasteiger partial charge in [-0.05, 0) is 69.5 Å². The number of rotatable bonds is 9. The third-order valence-electron chi connectivity index (χ3n) is 5.46. The maximum atomic E-state index is 12.9. The predicted octanol–water partition coefficient (Wildman–Crippen LogP) is 4.71. The molecule has 1 unspecified atom stereocenters. The SMILES string of the molecule is COc1ccc(-c2coc3cc(OCC=C(C)CCC(O)C(C)(C)O)ccc3c2=O)cc1. The van der Waals surface area contributed by atoms with E-state index in [0.717, 1.165) is 16.9 Å². The van der Waals surface area contributed by atoms with Gasteiger partial charge in [0, 0.05) is 6.07 Å². The first-order valence-electron chi connectivity index (χ1n) is 10.6. The summed E-state index contributed by atoms with van der Waals surface area (Å²) in [5, 5.41) is 20.2. The molecule has 0 amide bonds. The number of hydrogen-bond acceptors (Lipinski definition) is 6. The molecule has 6 nitrogen and oxygen atoms in total. The first-order valence-corrected chi connectivity index (χ1v) is 10.6. The van der Waals surface area contributed by atoms with Gasteiger partial charge in [0.25, 0.3) is 0 Å². The van der Waals surface area contributed by atoms with Crippen LogP contribution in [-0.2, 0) is 0 Å². The lowest BCUT2D eigenvalue weighted by molar-refractivity contribution is -0.0509. The molecule has 0 aliphatic carbocycles. The highest BCUT2D eigenvalue weighted by atomic mass is 16.5. The van der Waals surface area contributed by atoms with Crippen LogP contribution in [0.4, 0.5) is 0 Å². The van der Waals surface area contributed by atoms with Crippen molar-refractivity contribution in [2.24, 2.45) is 0 Å². The minimum Gasteiger partial charge on any atom is -0.497 e. The van der Waals surface area contributed by atoms with Crippen LogP contribution < -0.4 is 14.9 Å². The Morgan fingerprint density at radius 3 is 2.50 bits per heavy atom. The monoisotopic (exact) mass is 438 g/mol. The molecule has 0 saturated heterocycles. The van der Waals surface area contributed by atoms with E-state index in [4.69, 9.17) is 13.9 Å². The Kier molecular flexibility index (Phi) is 7.38. The van der Waals surface area contributed by atoms with Gasteiger partial charge in [0.15, 0.2) is 5.43 Å². The molecule has 1 aromatic heterocycles. The van der Waals surface area contributed by atoms with Gasteiger partial charge in [0.05, 0.1) is 29.8 Å². The van der Waals surface area contributed by atoms with Crippen LogP contribution >= 0.6 is 0 Å². The van der Waals surface area contributed by atoms with Crippen LogP contribution in [0, 0.1) is 0 Å². The van der Waals surface area contributed by atoms with Gasteiger partial charge in [-0.1, -0.05) is 17.7 Å². The van der Waals surface area contributed by atoms with Crippen LogP contribution in [0.15, 0.2) is 69.6 Å². The summed E-state index contributed by atoms with van der Waals surface area (Å²) in [6, 6.07) is 12.4. The maximum absolute atomic E-state index is 12.9. The molecule has 0 bridgehead atoms. The third kappa shape index (κ3) is 5.78. The van der Waals surface area contributed by atoms with Crippen molar-refractivity contribution in [1.29, 1.82) is 0 Å². The Morgan fingerprint density at radius 2 is 1.84 bits per heavy atom. The van der Waals surface area contributed by atoms with E-state index in [0.29, 0.717) is 41.7 Å². The second-order valence-electron chi connectivity index (χ2n) is 8.43. The van der Waals surface area contributed by atoms with Crippen molar-refractivity contribution < 1.29 is 24.1 Å². The third-order valence-corrected chi connectivity index (χ3v) is 5.46. The largest absolute Gasteiger partial charge is 0.497 e. The Hall–Kier alpha value is -3.09. The average Bonchev–Trinajstić information content (AvgIpc) is 2.77. The zero-order valence-electron chi connectivity index (χ0n) is 18.9. The number of aliphatic hydroxyl groups is 2. The van der Waals surface area contributed by atoms with Crippen LogP contribution in [0.2, 0.25) is 0 Å². The van der Waals surface area contributed by atoms with E-state index in [-0.39, 0.29) is 5.43 Å². The second-order valence-corrected chi connectivity index (χ2v) is 8.43. The summed E-state index contributed by atoms with van der Waals surface area (Å²) in [4.78, 5) is 12.9. The van der Waals surface area contributed by atoms with Gasteiger partial charge in [-0.2, -0.15) is 0 Å². The molecule has 0 aliphatic rings. The summed E-state index contributed by atoms with van der Waals surface area (Å²) >= 11 is 0. The molecule has 3 rings (SSSR count). The smallest absolute Gasteiger partial charge is 0.200 e. The fourth-order valence-electron chi connectivity index (χ4n) is 3.27. The average molecular weight is 439 g/mol. The molecule has 2 N–H and O–H groups in total. The Morgan fingerprint density at radius 1 is 1.16 bits per heavy atom. The van der Waals surface area contributed by atoms with E-state index in [1.807, 2.05) is 25.1 Å². The molecule has 1 heterocycles. The van der Waals surface area contributed by atoms with Crippen molar-refractivity contribution in [2.75, 3.05) is 13.7 Å². The number of allylic oxidation sites excluding steroid dienone is 1. The molecule has 6 heteroatoms. The van der Waals surface area contributed by atoms with Crippen LogP contribution in [-0.4, -0.2) is 35.6 Å². The highest BCUT2D eigenvalue weighted by Crippen LogP contribution is 2.25.